The third-order valence-electron chi connectivity index (χ3n) is 3.90. The number of benzene rings is 1. The lowest BCUT2D eigenvalue weighted by Crippen LogP contribution is -2.59. The van der Waals surface area contributed by atoms with Crippen molar-refractivity contribution < 1.29 is 14.3 Å². The van der Waals surface area contributed by atoms with Crippen LogP contribution < -0.4 is 5.32 Å². The molecule has 2 amide bonds. The summed E-state index contributed by atoms with van der Waals surface area (Å²) in [7, 11) is 0. The Hall–Kier alpha value is -2.57. The number of H-pyrrole nitrogens is 1. The van der Waals surface area contributed by atoms with E-state index in [2.05, 4.69) is 15.3 Å². The molecular formula is C17H22N4O3. The molecule has 3 rings (SSSR count). The summed E-state index contributed by atoms with van der Waals surface area (Å²) in [6, 6.07) is 5.34. The fraction of sp³-hybridized carbons (Fsp3) is 0.471. The molecule has 0 unspecified atom stereocenters. The Labute approximate surface area is 140 Å². The zero-order valence-corrected chi connectivity index (χ0v) is 14.1. The number of hydrogen-bond acceptors (Lipinski definition) is 4. The molecule has 2 N–H and O–H groups in total. The molecule has 0 aliphatic carbocycles. The largest absolute Gasteiger partial charge is 0.444 e. The summed E-state index contributed by atoms with van der Waals surface area (Å²) in [5.41, 5.74) is 2.23. The Bertz CT molecular complexity index is 763. The summed E-state index contributed by atoms with van der Waals surface area (Å²) in [5, 5.41) is 2.88. The molecule has 0 bridgehead atoms. The van der Waals surface area contributed by atoms with Crippen molar-refractivity contribution in [1.29, 1.82) is 0 Å². The maximum atomic E-state index is 12.3. The number of carbonyl (C=O) groups excluding carboxylic acids is 2. The van der Waals surface area contributed by atoms with Crippen molar-refractivity contribution in [1.82, 2.24) is 20.2 Å². The molecule has 1 aromatic carbocycles. The third-order valence-corrected chi connectivity index (χ3v) is 3.90. The van der Waals surface area contributed by atoms with Gasteiger partial charge in [-0.25, -0.2) is 9.78 Å². The van der Waals surface area contributed by atoms with Crippen LogP contribution in [0.4, 0.5) is 4.79 Å². The molecule has 24 heavy (non-hydrogen) atoms. The molecule has 1 aromatic heterocycles. The Morgan fingerprint density at radius 3 is 2.88 bits per heavy atom. The molecule has 2 heterocycles. The van der Waals surface area contributed by atoms with Crippen LogP contribution in [0.2, 0.25) is 0 Å². The van der Waals surface area contributed by atoms with Gasteiger partial charge >= 0.3 is 6.09 Å². The highest BCUT2D eigenvalue weighted by molar-refractivity contribution is 5.87. The van der Waals surface area contributed by atoms with Gasteiger partial charge in [0.2, 0.25) is 5.91 Å². The molecule has 128 valence electrons. The highest BCUT2D eigenvalue weighted by Gasteiger charge is 2.39. The molecule has 0 radical (unpaired) electrons. The van der Waals surface area contributed by atoms with E-state index in [1.807, 2.05) is 39.0 Å². The summed E-state index contributed by atoms with van der Waals surface area (Å²) < 4.78 is 5.32. The van der Waals surface area contributed by atoms with E-state index in [1.54, 1.807) is 6.33 Å². The topological polar surface area (TPSA) is 87.3 Å². The van der Waals surface area contributed by atoms with E-state index in [9.17, 15) is 9.59 Å². The average Bonchev–Trinajstić information content (AvgIpc) is 2.89. The minimum Gasteiger partial charge on any atom is -0.444 e. The fourth-order valence-corrected chi connectivity index (χ4v) is 2.60. The van der Waals surface area contributed by atoms with E-state index in [0.29, 0.717) is 19.5 Å². The molecule has 1 aliphatic rings. The lowest BCUT2D eigenvalue weighted by Gasteiger charge is -2.40. The number of aromatic nitrogens is 2. The standard InChI is InChI=1S/C17H22N4O3/c1-17(2,3)24-16(23)21-7-6-14(21)15(22)18-9-11-4-5-12-13(8-11)20-10-19-12/h4-5,8,10,14H,6-7,9H2,1-3H3,(H,18,22)(H,19,20)/t14-/m1/s1. The van der Waals surface area contributed by atoms with Crippen LogP contribution in [0.15, 0.2) is 24.5 Å². The Kier molecular flexibility index (Phi) is 4.17. The maximum Gasteiger partial charge on any atom is 0.410 e. The predicted molar refractivity (Wildman–Crippen MR) is 89.3 cm³/mol. The fourth-order valence-electron chi connectivity index (χ4n) is 2.60. The van der Waals surface area contributed by atoms with Gasteiger partial charge in [0.1, 0.15) is 11.6 Å². The minimum atomic E-state index is -0.562. The van der Waals surface area contributed by atoms with Crippen LogP contribution in [0.1, 0.15) is 32.8 Å². The van der Waals surface area contributed by atoms with Crippen LogP contribution in [0.5, 0.6) is 0 Å². The molecule has 7 nitrogen and oxygen atoms in total. The smallest absolute Gasteiger partial charge is 0.410 e. The highest BCUT2D eigenvalue weighted by atomic mass is 16.6. The van der Waals surface area contributed by atoms with E-state index >= 15 is 0 Å². The quantitative estimate of drug-likeness (QED) is 0.903. The lowest BCUT2D eigenvalue weighted by atomic mass is 10.0. The molecule has 2 aromatic rings. The lowest BCUT2D eigenvalue weighted by molar-refractivity contribution is -0.130. The summed E-state index contributed by atoms with van der Waals surface area (Å²) in [6.45, 7) is 6.39. The van der Waals surface area contributed by atoms with Crippen molar-refractivity contribution in [2.75, 3.05) is 6.54 Å². The zero-order chi connectivity index (χ0) is 17.3. The number of amides is 2. The first-order valence-corrected chi connectivity index (χ1v) is 8.03. The number of nitrogens with zero attached hydrogens (tertiary/aromatic N) is 2. The van der Waals surface area contributed by atoms with Gasteiger partial charge in [-0.2, -0.15) is 0 Å². The van der Waals surface area contributed by atoms with Crippen molar-refractivity contribution in [2.45, 2.75) is 45.4 Å². The number of ether oxygens (including phenoxy) is 1. The maximum absolute atomic E-state index is 12.3. The van der Waals surface area contributed by atoms with Crippen LogP contribution in [-0.4, -0.2) is 45.1 Å². The van der Waals surface area contributed by atoms with Crippen LogP contribution in [0, 0.1) is 0 Å². The van der Waals surface area contributed by atoms with E-state index in [0.717, 1.165) is 16.6 Å². The van der Waals surface area contributed by atoms with Gasteiger partial charge in [0.05, 0.1) is 17.4 Å². The van der Waals surface area contributed by atoms with Crippen molar-refractivity contribution in [3.63, 3.8) is 0 Å². The molecule has 0 saturated carbocycles. The summed E-state index contributed by atoms with van der Waals surface area (Å²) >= 11 is 0. The monoisotopic (exact) mass is 330 g/mol. The van der Waals surface area contributed by atoms with Crippen LogP contribution >= 0.6 is 0 Å². The first-order chi connectivity index (χ1) is 11.3. The first-order valence-electron chi connectivity index (χ1n) is 8.03. The zero-order valence-electron chi connectivity index (χ0n) is 14.1. The van der Waals surface area contributed by atoms with Crippen molar-refractivity contribution in [3.8, 4) is 0 Å². The van der Waals surface area contributed by atoms with Gasteiger partial charge in [-0.1, -0.05) is 6.07 Å². The molecule has 1 aliphatic heterocycles. The summed E-state index contributed by atoms with van der Waals surface area (Å²) in [5.74, 6) is -0.156. The van der Waals surface area contributed by atoms with E-state index in [-0.39, 0.29) is 5.91 Å². The molecule has 7 heteroatoms. The molecule has 1 saturated heterocycles. The first kappa shape index (κ1) is 16.3. The average molecular weight is 330 g/mol. The second kappa shape index (κ2) is 6.14. The Morgan fingerprint density at radius 1 is 1.42 bits per heavy atom. The number of rotatable bonds is 3. The third kappa shape index (κ3) is 3.50. The Balaban J connectivity index is 1.55. The van der Waals surface area contributed by atoms with E-state index in [4.69, 9.17) is 4.74 Å². The molecule has 1 atom stereocenters. The number of hydrogen-bond donors (Lipinski definition) is 2. The number of likely N-dealkylation sites (tertiary alicyclic amines) is 1. The molecular weight excluding hydrogens is 308 g/mol. The van der Waals surface area contributed by atoms with Gasteiger partial charge in [-0.3, -0.25) is 9.69 Å². The number of imidazole rings is 1. The van der Waals surface area contributed by atoms with Crippen molar-refractivity contribution >= 4 is 23.0 Å². The molecule has 1 fully saturated rings. The normalized spacial score (nSPS) is 17.5. The van der Waals surface area contributed by atoms with E-state index < -0.39 is 17.7 Å². The minimum absolute atomic E-state index is 0.156. The SMILES string of the molecule is CC(C)(C)OC(=O)N1CC[C@@H]1C(=O)NCc1ccc2nc[nH]c2c1. The number of aromatic amines is 1. The second-order valence-electron chi connectivity index (χ2n) is 6.95. The van der Waals surface area contributed by atoms with Gasteiger partial charge in [0.15, 0.2) is 0 Å². The van der Waals surface area contributed by atoms with Gasteiger partial charge < -0.3 is 15.0 Å². The van der Waals surface area contributed by atoms with Gasteiger partial charge in [0, 0.05) is 13.1 Å². The van der Waals surface area contributed by atoms with Gasteiger partial charge in [-0.15, -0.1) is 0 Å². The predicted octanol–water partition coefficient (Wildman–Crippen LogP) is 2.19. The summed E-state index contributed by atoms with van der Waals surface area (Å²) in [6.07, 6.45) is 1.86. The van der Waals surface area contributed by atoms with Crippen LogP contribution in [-0.2, 0) is 16.1 Å². The highest BCUT2D eigenvalue weighted by Crippen LogP contribution is 2.21. The number of carbonyl (C=O) groups is 2. The summed E-state index contributed by atoms with van der Waals surface area (Å²) in [4.78, 5) is 33.0. The number of nitrogens with one attached hydrogen (secondary N) is 2. The second-order valence-corrected chi connectivity index (χ2v) is 6.95. The van der Waals surface area contributed by atoms with Crippen LogP contribution in [0.25, 0.3) is 11.0 Å². The Morgan fingerprint density at radius 2 is 2.21 bits per heavy atom. The van der Waals surface area contributed by atoms with Crippen molar-refractivity contribution in [3.05, 3.63) is 30.1 Å². The number of fused-ring (bicyclic) bond motifs is 1. The van der Waals surface area contributed by atoms with Gasteiger partial charge in [0.25, 0.3) is 0 Å². The van der Waals surface area contributed by atoms with Gasteiger partial charge in [-0.05, 0) is 44.9 Å². The van der Waals surface area contributed by atoms with Crippen LogP contribution in [0.3, 0.4) is 0 Å². The van der Waals surface area contributed by atoms with Crippen molar-refractivity contribution in [2.24, 2.45) is 0 Å². The van der Waals surface area contributed by atoms with E-state index in [1.165, 1.54) is 4.90 Å². The molecule has 0 spiro atoms.